The van der Waals surface area contributed by atoms with Crippen LogP contribution in [0.4, 0.5) is 5.69 Å². The van der Waals surface area contributed by atoms with Crippen molar-refractivity contribution in [3.63, 3.8) is 0 Å². The number of pyridine rings is 1. The number of aromatic nitrogens is 4. The van der Waals surface area contributed by atoms with Crippen LogP contribution in [0.15, 0.2) is 55.1 Å². The molecule has 0 saturated heterocycles. The number of anilines is 1. The molecule has 0 spiro atoms. The average Bonchev–Trinajstić information content (AvgIpc) is 2.95. The Hall–Kier alpha value is -2.69. The van der Waals surface area contributed by atoms with Crippen molar-refractivity contribution in [1.82, 2.24) is 19.7 Å². The predicted octanol–water partition coefficient (Wildman–Crippen LogP) is 2.17. The van der Waals surface area contributed by atoms with E-state index in [9.17, 15) is 0 Å². The number of nitrogens with two attached hydrogens (primary N) is 1. The summed E-state index contributed by atoms with van der Waals surface area (Å²) in [5.41, 5.74) is 8.66. The Balaban J connectivity index is 1.71. The lowest BCUT2D eigenvalue weighted by atomic mass is 10.2. The summed E-state index contributed by atoms with van der Waals surface area (Å²) in [6, 6.07) is 11.6. The number of nitrogen functional groups attached to an aromatic ring is 1. The molecule has 20 heavy (non-hydrogen) atoms. The maximum Gasteiger partial charge on any atom is 0.181 e. The lowest BCUT2D eigenvalue weighted by Crippen LogP contribution is -2.02. The van der Waals surface area contributed by atoms with Gasteiger partial charge in [0.1, 0.15) is 6.33 Å². The zero-order valence-electron chi connectivity index (χ0n) is 11.0. The molecule has 0 radical (unpaired) electrons. The topological polar surface area (TPSA) is 69.6 Å². The molecule has 2 aromatic heterocycles. The van der Waals surface area contributed by atoms with Gasteiger partial charge in [0.25, 0.3) is 0 Å². The van der Waals surface area contributed by atoms with Crippen molar-refractivity contribution in [3.05, 3.63) is 60.7 Å². The van der Waals surface area contributed by atoms with Gasteiger partial charge in [-0.25, -0.2) is 4.98 Å². The predicted molar refractivity (Wildman–Crippen MR) is 77.8 cm³/mol. The summed E-state index contributed by atoms with van der Waals surface area (Å²) in [5.74, 6) is 0.701. The van der Waals surface area contributed by atoms with Gasteiger partial charge in [-0.05, 0) is 36.2 Å². The van der Waals surface area contributed by atoms with Crippen LogP contribution in [-0.2, 0) is 13.0 Å². The molecule has 0 unspecified atom stereocenters. The van der Waals surface area contributed by atoms with Crippen LogP contribution >= 0.6 is 0 Å². The second-order valence-electron chi connectivity index (χ2n) is 4.56. The summed E-state index contributed by atoms with van der Waals surface area (Å²) < 4.78 is 1.85. The third kappa shape index (κ3) is 2.83. The van der Waals surface area contributed by atoms with E-state index in [-0.39, 0.29) is 0 Å². The summed E-state index contributed by atoms with van der Waals surface area (Å²) in [7, 11) is 0. The molecule has 1 aromatic carbocycles. The highest BCUT2D eigenvalue weighted by molar-refractivity contribution is 5.60. The van der Waals surface area contributed by atoms with Gasteiger partial charge in [-0.3, -0.25) is 9.67 Å². The van der Waals surface area contributed by atoms with Gasteiger partial charge in [-0.15, -0.1) is 0 Å². The number of hydrogen-bond acceptors (Lipinski definition) is 4. The molecular weight excluding hydrogens is 250 g/mol. The Bertz CT molecular complexity index is 690. The second kappa shape index (κ2) is 5.52. The smallest absolute Gasteiger partial charge is 0.181 e. The molecule has 3 rings (SSSR count). The van der Waals surface area contributed by atoms with Crippen molar-refractivity contribution in [2.45, 2.75) is 13.0 Å². The lowest BCUT2D eigenvalue weighted by Gasteiger charge is -2.01. The van der Waals surface area contributed by atoms with E-state index in [2.05, 4.69) is 15.1 Å². The fraction of sp³-hybridized carbons (Fsp3) is 0.133. The highest BCUT2D eigenvalue weighted by Crippen LogP contribution is 2.17. The molecule has 2 heterocycles. The van der Waals surface area contributed by atoms with Gasteiger partial charge in [0.15, 0.2) is 5.82 Å². The molecule has 2 N–H and O–H groups in total. The highest BCUT2D eigenvalue weighted by atomic mass is 15.3. The summed E-state index contributed by atoms with van der Waals surface area (Å²) in [6.07, 6.45) is 6.26. The zero-order valence-corrected chi connectivity index (χ0v) is 11.0. The van der Waals surface area contributed by atoms with Crippen LogP contribution in [-0.4, -0.2) is 19.7 Å². The Morgan fingerprint density at radius 3 is 2.75 bits per heavy atom. The van der Waals surface area contributed by atoms with Crippen LogP contribution in [0.3, 0.4) is 0 Å². The Morgan fingerprint density at radius 2 is 1.95 bits per heavy atom. The van der Waals surface area contributed by atoms with E-state index in [0.717, 1.165) is 24.2 Å². The van der Waals surface area contributed by atoms with Crippen molar-refractivity contribution >= 4 is 5.69 Å². The van der Waals surface area contributed by atoms with E-state index < -0.39 is 0 Å². The van der Waals surface area contributed by atoms with E-state index in [1.54, 1.807) is 18.7 Å². The Labute approximate surface area is 117 Å². The second-order valence-corrected chi connectivity index (χ2v) is 4.56. The van der Waals surface area contributed by atoms with Crippen molar-refractivity contribution in [1.29, 1.82) is 0 Å². The van der Waals surface area contributed by atoms with Crippen LogP contribution in [0, 0.1) is 0 Å². The van der Waals surface area contributed by atoms with E-state index in [1.807, 2.05) is 41.1 Å². The number of rotatable bonds is 4. The third-order valence-electron chi connectivity index (χ3n) is 3.06. The van der Waals surface area contributed by atoms with Crippen molar-refractivity contribution < 1.29 is 0 Å². The van der Waals surface area contributed by atoms with E-state index in [1.165, 1.54) is 5.56 Å². The van der Waals surface area contributed by atoms with Gasteiger partial charge >= 0.3 is 0 Å². The standard InChI is InChI=1S/C15H15N5/c16-14-3-1-2-13(10-14)15-18-11-20(19-15)9-6-12-4-7-17-8-5-12/h1-5,7-8,10-11H,6,9,16H2. The minimum Gasteiger partial charge on any atom is -0.399 e. The molecule has 0 bridgehead atoms. The first-order chi connectivity index (χ1) is 9.81. The van der Waals surface area contributed by atoms with E-state index in [4.69, 9.17) is 5.73 Å². The van der Waals surface area contributed by atoms with Crippen molar-refractivity contribution in [2.75, 3.05) is 5.73 Å². The molecule has 0 aliphatic rings. The summed E-state index contributed by atoms with van der Waals surface area (Å²) in [6.45, 7) is 0.791. The van der Waals surface area contributed by atoms with Gasteiger partial charge in [-0.2, -0.15) is 5.10 Å². The first-order valence-corrected chi connectivity index (χ1v) is 6.45. The summed E-state index contributed by atoms with van der Waals surface area (Å²) >= 11 is 0. The first-order valence-electron chi connectivity index (χ1n) is 6.45. The minimum absolute atomic E-state index is 0.701. The molecule has 0 fully saturated rings. The quantitative estimate of drug-likeness (QED) is 0.734. The number of aryl methyl sites for hydroxylation is 2. The van der Waals surface area contributed by atoms with Gasteiger partial charge in [0.2, 0.25) is 0 Å². The summed E-state index contributed by atoms with van der Waals surface area (Å²) in [4.78, 5) is 8.33. The van der Waals surface area contributed by atoms with Crippen LogP contribution in [0.5, 0.6) is 0 Å². The van der Waals surface area contributed by atoms with Crippen molar-refractivity contribution in [2.24, 2.45) is 0 Å². The molecule has 0 saturated carbocycles. The van der Waals surface area contributed by atoms with Crippen LogP contribution in [0.1, 0.15) is 5.56 Å². The van der Waals surface area contributed by atoms with Crippen LogP contribution < -0.4 is 5.73 Å². The maximum atomic E-state index is 5.77. The zero-order chi connectivity index (χ0) is 13.8. The molecular formula is C15H15N5. The molecule has 0 aliphatic heterocycles. The Morgan fingerprint density at radius 1 is 1.10 bits per heavy atom. The fourth-order valence-electron chi connectivity index (χ4n) is 2.01. The molecule has 3 aromatic rings. The molecule has 0 aliphatic carbocycles. The maximum absolute atomic E-state index is 5.77. The normalized spacial score (nSPS) is 10.6. The van der Waals surface area contributed by atoms with E-state index >= 15 is 0 Å². The monoisotopic (exact) mass is 265 g/mol. The number of hydrogen-bond donors (Lipinski definition) is 1. The minimum atomic E-state index is 0.701. The highest BCUT2D eigenvalue weighted by Gasteiger charge is 2.04. The first kappa shape index (κ1) is 12.3. The van der Waals surface area contributed by atoms with Crippen LogP contribution in [0.25, 0.3) is 11.4 Å². The van der Waals surface area contributed by atoms with Gasteiger partial charge < -0.3 is 5.73 Å². The van der Waals surface area contributed by atoms with Gasteiger partial charge in [0.05, 0.1) is 0 Å². The SMILES string of the molecule is Nc1cccc(-c2ncn(CCc3ccncc3)n2)c1. The molecule has 5 heteroatoms. The largest absolute Gasteiger partial charge is 0.399 e. The fourth-order valence-corrected chi connectivity index (χ4v) is 2.01. The third-order valence-corrected chi connectivity index (χ3v) is 3.06. The Kier molecular flexibility index (Phi) is 3.41. The average molecular weight is 265 g/mol. The molecule has 100 valence electrons. The van der Waals surface area contributed by atoms with Gasteiger partial charge in [-0.1, -0.05) is 12.1 Å². The van der Waals surface area contributed by atoms with E-state index in [0.29, 0.717) is 5.82 Å². The van der Waals surface area contributed by atoms with Crippen LogP contribution in [0.2, 0.25) is 0 Å². The molecule has 5 nitrogen and oxygen atoms in total. The van der Waals surface area contributed by atoms with Gasteiger partial charge in [0, 0.05) is 30.2 Å². The number of nitrogens with zero attached hydrogens (tertiary/aromatic N) is 4. The molecule has 0 atom stereocenters. The number of benzene rings is 1. The lowest BCUT2D eigenvalue weighted by molar-refractivity contribution is 0.614. The summed E-state index contributed by atoms with van der Waals surface area (Å²) in [5, 5.41) is 4.47. The molecule has 0 amide bonds. The van der Waals surface area contributed by atoms with Crippen molar-refractivity contribution in [3.8, 4) is 11.4 Å².